The van der Waals surface area contributed by atoms with Crippen molar-refractivity contribution in [2.24, 2.45) is 0 Å². The molecule has 0 bridgehead atoms. The first kappa shape index (κ1) is 10.7. The van der Waals surface area contributed by atoms with E-state index in [4.69, 9.17) is 5.11 Å². The van der Waals surface area contributed by atoms with Crippen LogP contribution in [0.25, 0.3) is 0 Å². The number of carboxylic acid groups (broad SMARTS) is 1. The summed E-state index contributed by atoms with van der Waals surface area (Å²) in [5.41, 5.74) is 0.631. The molecule has 0 saturated carbocycles. The maximum atomic E-state index is 11.0. The van der Waals surface area contributed by atoms with Gasteiger partial charge in [0.15, 0.2) is 0 Å². The molecule has 14 heavy (non-hydrogen) atoms. The predicted molar refractivity (Wildman–Crippen MR) is 54.3 cm³/mol. The quantitative estimate of drug-likeness (QED) is 0.798. The summed E-state index contributed by atoms with van der Waals surface area (Å²) in [5.74, 6) is -0.849. The fourth-order valence-electron chi connectivity index (χ4n) is 1.13. The lowest BCUT2D eigenvalue weighted by Gasteiger charge is -2.18. The van der Waals surface area contributed by atoms with Crippen LogP contribution in [-0.4, -0.2) is 16.1 Å². The minimum Gasteiger partial charge on any atom is -0.481 e. The molecule has 0 fully saturated rings. The van der Waals surface area contributed by atoms with Crippen LogP contribution in [0.4, 0.5) is 0 Å². The molecular weight excluding hydrogens is 178 g/mol. The predicted octanol–water partition coefficient (Wildman–Crippen LogP) is 2.01. The van der Waals surface area contributed by atoms with Gasteiger partial charge in [-0.25, -0.2) is 0 Å². The Kier molecular flexibility index (Phi) is 2.89. The van der Waals surface area contributed by atoms with E-state index in [0.29, 0.717) is 5.69 Å². The standard InChI is InChI=1S/C11H15NO2/c1-4-8-6-5-7-9(12-8)11(2,3)10(13)14/h5-7H,4H2,1-3H3,(H,13,14). The molecule has 3 nitrogen and oxygen atoms in total. The molecule has 1 rings (SSSR count). The second kappa shape index (κ2) is 3.78. The Labute approximate surface area is 83.8 Å². The first-order valence-electron chi connectivity index (χ1n) is 4.68. The number of hydrogen-bond donors (Lipinski definition) is 1. The van der Waals surface area contributed by atoms with E-state index in [2.05, 4.69) is 4.98 Å². The van der Waals surface area contributed by atoms with Crippen molar-refractivity contribution < 1.29 is 9.90 Å². The Morgan fingerprint density at radius 1 is 1.50 bits per heavy atom. The Balaban J connectivity index is 3.12. The summed E-state index contributed by atoms with van der Waals surface area (Å²) in [6.45, 7) is 5.33. The van der Waals surface area contributed by atoms with Crippen LogP contribution in [0, 0.1) is 0 Å². The number of pyridine rings is 1. The number of nitrogens with zero attached hydrogens (tertiary/aromatic N) is 1. The van der Waals surface area contributed by atoms with Crippen LogP contribution in [-0.2, 0) is 16.6 Å². The van der Waals surface area contributed by atoms with Crippen molar-refractivity contribution in [2.75, 3.05) is 0 Å². The fourth-order valence-corrected chi connectivity index (χ4v) is 1.13. The lowest BCUT2D eigenvalue weighted by molar-refractivity contribution is -0.142. The summed E-state index contributed by atoms with van der Waals surface area (Å²) in [4.78, 5) is 15.3. The monoisotopic (exact) mass is 193 g/mol. The number of hydrogen-bond acceptors (Lipinski definition) is 2. The number of aryl methyl sites for hydroxylation is 1. The van der Waals surface area contributed by atoms with E-state index in [1.165, 1.54) is 0 Å². The Morgan fingerprint density at radius 3 is 2.64 bits per heavy atom. The van der Waals surface area contributed by atoms with Gasteiger partial charge in [0.1, 0.15) is 5.41 Å². The third-order valence-corrected chi connectivity index (χ3v) is 2.34. The molecule has 0 aliphatic heterocycles. The molecule has 0 spiro atoms. The van der Waals surface area contributed by atoms with Gasteiger partial charge >= 0.3 is 5.97 Å². The minimum atomic E-state index is -0.912. The van der Waals surface area contributed by atoms with Crippen LogP contribution in [0.2, 0.25) is 0 Å². The fraction of sp³-hybridized carbons (Fsp3) is 0.455. The molecule has 0 aliphatic carbocycles. The highest BCUT2D eigenvalue weighted by molar-refractivity contribution is 5.79. The van der Waals surface area contributed by atoms with E-state index in [1.54, 1.807) is 19.9 Å². The van der Waals surface area contributed by atoms with Gasteiger partial charge in [-0.3, -0.25) is 9.78 Å². The van der Waals surface area contributed by atoms with Gasteiger partial charge in [0, 0.05) is 5.69 Å². The summed E-state index contributed by atoms with van der Waals surface area (Å²) in [6.07, 6.45) is 0.823. The van der Waals surface area contributed by atoms with Crippen molar-refractivity contribution in [3.8, 4) is 0 Å². The molecule has 0 aliphatic rings. The van der Waals surface area contributed by atoms with Crippen LogP contribution in [0.1, 0.15) is 32.2 Å². The molecule has 76 valence electrons. The van der Waals surface area contributed by atoms with E-state index < -0.39 is 11.4 Å². The lowest BCUT2D eigenvalue weighted by atomic mass is 9.89. The van der Waals surface area contributed by atoms with Crippen LogP contribution in [0.15, 0.2) is 18.2 Å². The van der Waals surface area contributed by atoms with Crippen molar-refractivity contribution >= 4 is 5.97 Å². The summed E-state index contributed by atoms with van der Waals surface area (Å²) in [7, 11) is 0. The number of carbonyl (C=O) groups is 1. The van der Waals surface area contributed by atoms with E-state index in [-0.39, 0.29) is 0 Å². The summed E-state index contributed by atoms with van der Waals surface area (Å²) in [6, 6.07) is 5.51. The van der Waals surface area contributed by atoms with Crippen LogP contribution >= 0.6 is 0 Å². The van der Waals surface area contributed by atoms with Gasteiger partial charge in [-0.05, 0) is 32.4 Å². The van der Waals surface area contributed by atoms with Crippen LogP contribution in [0.5, 0.6) is 0 Å². The molecule has 3 heteroatoms. The Morgan fingerprint density at radius 2 is 2.14 bits per heavy atom. The average Bonchev–Trinajstić information content (AvgIpc) is 2.17. The molecule has 1 heterocycles. The van der Waals surface area contributed by atoms with Crippen molar-refractivity contribution in [1.82, 2.24) is 4.98 Å². The summed E-state index contributed by atoms with van der Waals surface area (Å²) in [5, 5.41) is 9.02. The average molecular weight is 193 g/mol. The molecular formula is C11H15NO2. The van der Waals surface area contributed by atoms with Crippen LogP contribution in [0.3, 0.4) is 0 Å². The van der Waals surface area contributed by atoms with Crippen molar-refractivity contribution in [1.29, 1.82) is 0 Å². The third kappa shape index (κ3) is 1.92. The van der Waals surface area contributed by atoms with E-state index >= 15 is 0 Å². The van der Waals surface area contributed by atoms with Crippen LogP contribution < -0.4 is 0 Å². The van der Waals surface area contributed by atoms with Gasteiger partial charge in [0.05, 0.1) is 5.69 Å². The van der Waals surface area contributed by atoms with Crippen molar-refractivity contribution in [2.45, 2.75) is 32.6 Å². The number of carboxylic acids is 1. The third-order valence-electron chi connectivity index (χ3n) is 2.34. The van der Waals surface area contributed by atoms with E-state index in [1.807, 2.05) is 19.1 Å². The number of aromatic nitrogens is 1. The largest absolute Gasteiger partial charge is 0.481 e. The smallest absolute Gasteiger partial charge is 0.315 e. The summed E-state index contributed by atoms with van der Waals surface area (Å²) >= 11 is 0. The Bertz CT molecular complexity index is 345. The number of rotatable bonds is 3. The van der Waals surface area contributed by atoms with Gasteiger partial charge in [0.2, 0.25) is 0 Å². The molecule has 1 N–H and O–H groups in total. The zero-order valence-corrected chi connectivity index (χ0v) is 8.74. The van der Waals surface area contributed by atoms with E-state index in [0.717, 1.165) is 12.1 Å². The zero-order chi connectivity index (χ0) is 10.8. The van der Waals surface area contributed by atoms with Gasteiger partial charge in [0.25, 0.3) is 0 Å². The van der Waals surface area contributed by atoms with E-state index in [9.17, 15) is 4.79 Å². The highest BCUT2D eigenvalue weighted by atomic mass is 16.4. The zero-order valence-electron chi connectivity index (χ0n) is 8.74. The lowest BCUT2D eigenvalue weighted by Crippen LogP contribution is -2.29. The van der Waals surface area contributed by atoms with Crippen molar-refractivity contribution in [3.05, 3.63) is 29.6 Å². The maximum Gasteiger partial charge on any atom is 0.315 e. The summed E-state index contributed by atoms with van der Waals surface area (Å²) < 4.78 is 0. The molecule has 0 atom stereocenters. The first-order valence-corrected chi connectivity index (χ1v) is 4.68. The highest BCUT2D eigenvalue weighted by Gasteiger charge is 2.30. The molecule has 1 aromatic heterocycles. The van der Waals surface area contributed by atoms with Gasteiger partial charge in [-0.1, -0.05) is 13.0 Å². The molecule has 0 aromatic carbocycles. The topological polar surface area (TPSA) is 50.2 Å². The van der Waals surface area contributed by atoms with Crippen molar-refractivity contribution in [3.63, 3.8) is 0 Å². The normalized spacial score (nSPS) is 11.4. The SMILES string of the molecule is CCc1cccc(C(C)(C)C(=O)O)n1. The van der Waals surface area contributed by atoms with Gasteiger partial charge in [-0.2, -0.15) is 0 Å². The molecule has 1 aromatic rings. The molecule has 0 unspecified atom stereocenters. The molecule has 0 radical (unpaired) electrons. The second-order valence-electron chi connectivity index (χ2n) is 3.80. The number of aliphatic carboxylic acids is 1. The molecule has 0 saturated heterocycles. The maximum absolute atomic E-state index is 11.0. The molecule has 0 amide bonds. The second-order valence-corrected chi connectivity index (χ2v) is 3.80. The Hall–Kier alpha value is -1.38. The minimum absolute atomic E-state index is 0.615. The van der Waals surface area contributed by atoms with Gasteiger partial charge < -0.3 is 5.11 Å². The van der Waals surface area contributed by atoms with Gasteiger partial charge in [-0.15, -0.1) is 0 Å². The highest BCUT2D eigenvalue weighted by Crippen LogP contribution is 2.21. The first-order chi connectivity index (χ1) is 6.48.